The normalized spacial score (nSPS) is 12.5. The van der Waals surface area contributed by atoms with Crippen molar-refractivity contribution in [1.29, 1.82) is 0 Å². The first-order valence-corrected chi connectivity index (χ1v) is 7.02. The highest BCUT2D eigenvalue weighted by atomic mass is 16.5. The molecule has 21 heavy (non-hydrogen) atoms. The number of rotatable bonds is 5. The summed E-state index contributed by atoms with van der Waals surface area (Å²) < 4.78 is 7.14. The predicted octanol–water partition coefficient (Wildman–Crippen LogP) is 2.62. The summed E-state index contributed by atoms with van der Waals surface area (Å²) in [6, 6.07) is 7.98. The van der Waals surface area contributed by atoms with Gasteiger partial charge in [0.2, 0.25) is 0 Å². The summed E-state index contributed by atoms with van der Waals surface area (Å²) in [6.45, 7) is 4.05. The molecular formula is C16H23N3O2. The molecule has 2 rings (SSSR count). The average Bonchev–Trinajstić information content (AvgIpc) is 2.90. The number of hydrogen-bond acceptors (Lipinski definition) is 4. The van der Waals surface area contributed by atoms with Gasteiger partial charge in [-0.2, -0.15) is 5.10 Å². The van der Waals surface area contributed by atoms with Crippen LogP contribution >= 0.6 is 0 Å². The summed E-state index contributed by atoms with van der Waals surface area (Å²) in [5.74, 6) is 0.603. The van der Waals surface area contributed by atoms with Crippen LogP contribution in [-0.4, -0.2) is 36.1 Å². The van der Waals surface area contributed by atoms with E-state index >= 15 is 0 Å². The first-order valence-electron chi connectivity index (χ1n) is 7.02. The molecule has 0 aliphatic heterocycles. The molecule has 2 aromatic rings. The maximum atomic E-state index is 10.8. The Kier molecular flexibility index (Phi) is 4.53. The van der Waals surface area contributed by atoms with E-state index in [9.17, 15) is 5.11 Å². The van der Waals surface area contributed by atoms with Gasteiger partial charge >= 0.3 is 0 Å². The molecule has 5 nitrogen and oxygen atoms in total. The van der Waals surface area contributed by atoms with Crippen molar-refractivity contribution in [1.82, 2.24) is 9.78 Å². The van der Waals surface area contributed by atoms with Gasteiger partial charge in [-0.25, -0.2) is 0 Å². The van der Waals surface area contributed by atoms with Gasteiger partial charge in [-0.05, 0) is 31.5 Å². The molecule has 1 aromatic heterocycles. The Bertz CT molecular complexity index is 605. The second-order valence-corrected chi connectivity index (χ2v) is 5.53. The van der Waals surface area contributed by atoms with E-state index in [2.05, 4.69) is 5.10 Å². The molecule has 1 aromatic carbocycles. The lowest BCUT2D eigenvalue weighted by atomic mass is 10.0. The van der Waals surface area contributed by atoms with Gasteiger partial charge in [0.05, 0.1) is 13.3 Å². The summed E-state index contributed by atoms with van der Waals surface area (Å²) in [7, 11) is 5.54. The van der Waals surface area contributed by atoms with Crippen LogP contribution in [0, 0.1) is 0 Å². The maximum Gasteiger partial charge on any atom is 0.163 e. The number of aliphatic hydroxyl groups is 1. The lowest BCUT2D eigenvalue weighted by molar-refractivity contribution is 0.199. The molecule has 0 amide bonds. The Morgan fingerprint density at radius 2 is 2.00 bits per heavy atom. The average molecular weight is 289 g/mol. The highest BCUT2D eigenvalue weighted by Gasteiger charge is 2.23. The minimum Gasteiger partial charge on any atom is -0.493 e. The molecule has 1 heterocycles. The highest BCUT2D eigenvalue weighted by molar-refractivity contribution is 5.49. The molecule has 5 heteroatoms. The van der Waals surface area contributed by atoms with Crippen molar-refractivity contribution in [3.8, 4) is 5.75 Å². The van der Waals surface area contributed by atoms with Crippen molar-refractivity contribution in [3.05, 3.63) is 41.7 Å². The van der Waals surface area contributed by atoms with Gasteiger partial charge in [-0.1, -0.05) is 12.1 Å². The SMILES string of the molecule is COc1cnn(C(C)C)c1C(O)c1cccc(N(C)C)c1. The number of aliphatic hydroxyl groups excluding tert-OH is 1. The third kappa shape index (κ3) is 3.03. The largest absolute Gasteiger partial charge is 0.493 e. The van der Waals surface area contributed by atoms with E-state index in [-0.39, 0.29) is 6.04 Å². The van der Waals surface area contributed by atoms with E-state index in [0.29, 0.717) is 11.4 Å². The zero-order chi connectivity index (χ0) is 15.6. The second kappa shape index (κ2) is 6.18. The molecule has 0 saturated carbocycles. The fraction of sp³-hybridized carbons (Fsp3) is 0.438. The number of methoxy groups -OCH3 is 1. The van der Waals surface area contributed by atoms with Gasteiger partial charge in [-0.3, -0.25) is 4.68 Å². The Balaban J connectivity index is 2.46. The van der Waals surface area contributed by atoms with Gasteiger partial charge < -0.3 is 14.7 Å². The van der Waals surface area contributed by atoms with Crippen LogP contribution in [0.4, 0.5) is 5.69 Å². The summed E-state index contributed by atoms with van der Waals surface area (Å²) in [5, 5.41) is 15.1. The van der Waals surface area contributed by atoms with Crippen LogP contribution in [0.2, 0.25) is 0 Å². The molecule has 0 saturated heterocycles. The quantitative estimate of drug-likeness (QED) is 0.919. The third-order valence-corrected chi connectivity index (χ3v) is 3.47. The maximum absolute atomic E-state index is 10.8. The summed E-state index contributed by atoms with van der Waals surface area (Å²) in [4.78, 5) is 2.01. The molecular weight excluding hydrogens is 266 g/mol. The van der Waals surface area contributed by atoms with E-state index in [0.717, 1.165) is 11.3 Å². The van der Waals surface area contributed by atoms with Crippen LogP contribution in [0.15, 0.2) is 30.5 Å². The van der Waals surface area contributed by atoms with Crippen molar-refractivity contribution >= 4 is 5.69 Å². The Hall–Kier alpha value is -2.01. The summed E-state index contributed by atoms with van der Waals surface area (Å²) >= 11 is 0. The van der Waals surface area contributed by atoms with Crippen LogP contribution in [0.1, 0.15) is 37.3 Å². The molecule has 0 bridgehead atoms. The number of hydrogen-bond donors (Lipinski definition) is 1. The monoisotopic (exact) mass is 289 g/mol. The first-order chi connectivity index (χ1) is 9.95. The number of nitrogens with zero attached hydrogens (tertiary/aromatic N) is 3. The van der Waals surface area contributed by atoms with Crippen LogP contribution in [0.3, 0.4) is 0 Å². The highest BCUT2D eigenvalue weighted by Crippen LogP contribution is 2.32. The summed E-state index contributed by atoms with van der Waals surface area (Å²) in [5.41, 5.74) is 2.55. The summed E-state index contributed by atoms with van der Waals surface area (Å²) in [6.07, 6.45) is 0.874. The predicted molar refractivity (Wildman–Crippen MR) is 84.0 cm³/mol. The lowest BCUT2D eigenvalue weighted by Gasteiger charge is -2.19. The van der Waals surface area contributed by atoms with Crippen molar-refractivity contribution in [2.24, 2.45) is 0 Å². The molecule has 1 unspecified atom stereocenters. The fourth-order valence-corrected chi connectivity index (χ4v) is 2.32. The van der Waals surface area contributed by atoms with Gasteiger partial charge in [-0.15, -0.1) is 0 Å². The topological polar surface area (TPSA) is 50.5 Å². The van der Waals surface area contributed by atoms with E-state index in [1.165, 1.54) is 0 Å². The first kappa shape index (κ1) is 15.4. The molecule has 0 fully saturated rings. The zero-order valence-corrected chi connectivity index (χ0v) is 13.2. The van der Waals surface area contributed by atoms with E-state index in [1.54, 1.807) is 18.0 Å². The van der Waals surface area contributed by atoms with Crippen molar-refractivity contribution in [2.45, 2.75) is 26.0 Å². The molecule has 0 radical (unpaired) electrons. The van der Waals surface area contributed by atoms with Crippen molar-refractivity contribution in [3.63, 3.8) is 0 Å². The zero-order valence-electron chi connectivity index (χ0n) is 13.2. The van der Waals surface area contributed by atoms with Crippen LogP contribution in [-0.2, 0) is 0 Å². The third-order valence-electron chi connectivity index (χ3n) is 3.47. The van der Waals surface area contributed by atoms with Crippen LogP contribution in [0.25, 0.3) is 0 Å². The van der Waals surface area contributed by atoms with Crippen molar-refractivity contribution in [2.75, 3.05) is 26.1 Å². The van der Waals surface area contributed by atoms with E-state index in [1.807, 2.05) is 57.1 Å². The standard InChI is InChI=1S/C16H23N3O2/c1-11(2)19-15(14(21-5)10-17-19)16(20)12-7-6-8-13(9-12)18(3)4/h6-11,16,20H,1-5H3. The molecule has 0 aliphatic rings. The smallest absolute Gasteiger partial charge is 0.163 e. The molecule has 0 spiro atoms. The Labute approximate surface area is 125 Å². The number of aromatic nitrogens is 2. The number of ether oxygens (including phenoxy) is 1. The van der Waals surface area contributed by atoms with Gasteiger partial charge in [0.1, 0.15) is 11.8 Å². The number of benzene rings is 1. The fourth-order valence-electron chi connectivity index (χ4n) is 2.32. The minimum absolute atomic E-state index is 0.149. The van der Waals surface area contributed by atoms with E-state index < -0.39 is 6.10 Å². The van der Waals surface area contributed by atoms with Gasteiger partial charge in [0.25, 0.3) is 0 Å². The lowest BCUT2D eigenvalue weighted by Crippen LogP contribution is -2.14. The Morgan fingerprint density at radius 3 is 2.57 bits per heavy atom. The minimum atomic E-state index is -0.773. The van der Waals surface area contributed by atoms with Crippen LogP contribution < -0.4 is 9.64 Å². The number of anilines is 1. The molecule has 0 aliphatic carbocycles. The molecule has 1 atom stereocenters. The Morgan fingerprint density at radius 1 is 1.29 bits per heavy atom. The van der Waals surface area contributed by atoms with Gasteiger partial charge in [0, 0.05) is 25.8 Å². The molecule has 114 valence electrons. The van der Waals surface area contributed by atoms with Gasteiger partial charge in [0.15, 0.2) is 5.75 Å². The molecule has 1 N–H and O–H groups in total. The van der Waals surface area contributed by atoms with E-state index in [4.69, 9.17) is 4.74 Å². The van der Waals surface area contributed by atoms with Crippen LogP contribution in [0.5, 0.6) is 5.75 Å². The van der Waals surface area contributed by atoms with Crippen molar-refractivity contribution < 1.29 is 9.84 Å². The second-order valence-electron chi connectivity index (χ2n) is 5.53.